The second-order valence-electron chi connectivity index (χ2n) is 5.33. The highest BCUT2D eigenvalue weighted by atomic mass is 32.1. The van der Waals surface area contributed by atoms with Crippen LogP contribution >= 0.6 is 12.2 Å². The van der Waals surface area contributed by atoms with Gasteiger partial charge in [0.25, 0.3) is 5.69 Å². The van der Waals surface area contributed by atoms with Gasteiger partial charge in [-0.05, 0) is 30.4 Å². The number of nitrogens with one attached hydrogen (secondary N) is 1. The number of nitrogens with zero attached hydrogens (tertiary/aromatic N) is 4. The van der Waals surface area contributed by atoms with Crippen LogP contribution in [-0.2, 0) is 0 Å². The topological polar surface area (TPSA) is 108 Å². The Hall–Kier alpha value is -3.53. The highest BCUT2D eigenvalue weighted by molar-refractivity contribution is 7.71. The van der Waals surface area contributed by atoms with E-state index in [9.17, 15) is 10.1 Å². The maximum Gasteiger partial charge on any atom is 0.270 e. The number of nitro benzene ring substituents is 1. The summed E-state index contributed by atoms with van der Waals surface area (Å²) in [4.78, 5) is 10.4. The molecule has 0 fully saturated rings. The molecule has 10 heteroatoms. The van der Waals surface area contributed by atoms with Crippen LogP contribution in [0.5, 0.6) is 11.5 Å². The van der Waals surface area contributed by atoms with Gasteiger partial charge in [0.15, 0.2) is 17.3 Å². The number of nitro groups is 1. The average Bonchev–Trinajstić information content (AvgIpc) is 3.06. The summed E-state index contributed by atoms with van der Waals surface area (Å²) in [6.45, 7) is 0. The summed E-state index contributed by atoms with van der Waals surface area (Å²) in [5.41, 5.74) is 1.25. The van der Waals surface area contributed by atoms with Crippen LogP contribution in [0.1, 0.15) is 5.56 Å². The molecule has 0 aliphatic heterocycles. The van der Waals surface area contributed by atoms with Crippen molar-refractivity contribution < 1.29 is 14.4 Å². The third kappa shape index (κ3) is 3.85. The smallest absolute Gasteiger partial charge is 0.270 e. The second kappa shape index (κ2) is 7.79. The monoisotopic (exact) mass is 385 g/mol. The Morgan fingerprint density at radius 1 is 1.22 bits per heavy atom. The molecule has 2 aromatic carbocycles. The molecular formula is C17H15N5O4S. The first-order chi connectivity index (χ1) is 13.0. The van der Waals surface area contributed by atoms with Crippen LogP contribution in [0, 0.1) is 14.9 Å². The predicted molar refractivity (Wildman–Crippen MR) is 102 cm³/mol. The molecule has 0 saturated heterocycles. The Morgan fingerprint density at radius 2 is 2.00 bits per heavy atom. The van der Waals surface area contributed by atoms with Gasteiger partial charge in [-0.3, -0.25) is 10.1 Å². The van der Waals surface area contributed by atoms with E-state index in [0.717, 1.165) is 0 Å². The molecule has 1 aromatic heterocycles. The molecule has 0 radical (unpaired) electrons. The summed E-state index contributed by atoms with van der Waals surface area (Å²) in [5, 5.41) is 22.1. The number of methoxy groups -OCH3 is 2. The molecule has 1 heterocycles. The van der Waals surface area contributed by atoms with Gasteiger partial charge in [0.1, 0.15) is 0 Å². The minimum absolute atomic E-state index is 0.0187. The second-order valence-corrected chi connectivity index (χ2v) is 5.72. The van der Waals surface area contributed by atoms with Crippen molar-refractivity contribution in [2.75, 3.05) is 14.2 Å². The Labute approximate surface area is 159 Å². The van der Waals surface area contributed by atoms with Crippen molar-refractivity contribution in [1.29, 1.82) is 0 Å². The average molecular weight is 385 g/mol. The van der Waals surface area contributed by atoms with E-state index in [1.54, 1.807) is 44.6 Å². The van der Waals surface area contributed by atoms with Crippen LogP contribution in [0.4, 0.5) is 5.69 Å². The largest absolute Gasteiger partial charge is 0.493 e. The molecule has 1 N–H and O–H groups in total. The Balaban J connectivity index is 2.00. The van der Waals surface area contributed by atoms with Gasteiger partial charge in [-0.2, -0.15) is 14.9 Å². The van der Waals surface area contributed by atoms with Crippen LogP contribution in [0.2, 0.25) is 0 Å². The van der Waals surface area contributed by atoms with Crippen LogP contribution in [-0.4, -0.2) is 40.2 Å². The molecule has 9 nitrogen and oxygen atoms in total. The van der Waals surface area contributed by atoms with E-state index in [1.807, 2.05) is 0 Å². The predicted octanol–water partition coefficient (Wildman–Crippen LogP) is 3.42. The fraction of sp³-hybridized carbons (Fsp3) is 0.118. The molecule has 0 unspecified atom stereocenters. The fourth-order valence-corrected chi connectivity index (χ4v) is 2.58. The van der Waals surface area contributed by atoms with Crippen molar-refractivity contribution in [3.8, 4) is 22.9 Å². The van der Waals surface area contributed by atoms with Crippen LogP contribution in [0.25, 0.3) is 11.4 Å². The van der Waals surface area contributed by atoms with E-state index < -0.39 is 4.92 Å². The number of aromatic nitrogens is 3. The van der Waals surface area contributed by atoms with Crippen LogP contribution in [0.3, 0.4) is 0 Å². The normalized spacial score (nSPS) is 10.9. The van der Waals surface area contributed by atoms with Gasteiger partial charge in [0, 0.05) is 23.3 Å². The van der Waals surface area contributed by atoms with Gasteiger partial charge in [0.05, 0.1) is 25.4 Å². The zero-order chi connectivity index (χ0) is 19.4. The lowest BCUT2D eigenvalue weighted by Gasteiger charge is -2.09. The van der Waals surface area contributed by atoms with Gasteiger partial charge in [0.2, 0.25) is 4.77 Å². The summed E-state index contributed by atoms with van der Waals surface area (Å²) in [5.74, 6) is 1.59. The first-order valence-corrected chi connectivity index (χ1v) is 8.13. The third-order valence-electron chi connectivity index (χ3n) is 3.70. The van der Waals surface area contributed by atoms with Gasteiger partial charge in [-0.25, -0.2) is 5.10 Å². The van der Waals surface area contributed by atoms with E-state index in [0.29, 0.717) is 28.5 Å². The van der Waals surface area contributed by atoms with E-state index >= 15 is 0 Å². The summed E-state index contributed by atoms with van der Waals surface area (Å²) >= 11 is 5.23. The first kappa shape index (κ1) is 18.3. The number of benzene rings is 2. The maximum absolute atomic E-state index is 10.9. The molecule has 0 aliphatic carbocycles. The number of H-pyrrole nitrogens is 1. The number of hydrogen-bond acceptors (Lipinski definition) is 7. The SMILES string of the molecule is COc1ccc(-c2n[nH]c(=S)n2N=Cc2cccc([N+](=O)[O-])c2)cc1OC. The molecule has 3 aromatic rings. The Kier molecular flexibility index (Phi) is 5.27. The lowest BCUT2D eigenvalue weighted by molar-refractivity contribution is -0.384. The standard InChI is InChI=1S/C17H15N5O4S/c1-25-14-7-6-12(9-15(14)26-2)16-19-20-17(27)21(16)18-10-11-4-3-5-13(8-11)22(23)24/h3-10H,1-2H3,(H,20,27). The van der Waals surface area contributed by atoms with Crippen molar-refractivity contribution in [2.45, 2.75) is 0 Å². The highest BCUT2D eigenvalue weighted by Crippen LogP contribution is 2.31. The van der Waals surface area contributed by atoms with E-state index in [4.69, 9.17) is 21.7 Å². The zero-order valence-corrected chi connectivity index (χ0v) is 15.3. The number of ether oxygens (including phenoxy) is 2. The summed E-state index contributed by atoms with van der Waals surface area (Å²) in [7, 11) is 3.09. The summed E-state index contributed by atoms with van der Waals surface area (Å²) < 4.78 is 12.2. The van der Waals surface area contributed by atoms with Gasteiger partial charge in [-0.15, -0.1) is 0 Å². The van der Waals surface area contributed by atoms with E-state index in [-0.39, 0.29) is 10.5 Å². The molecule has 0 aliphatic rings. The molecule has 0 spiro atoms. The quantitative estimate of drug-likeness (QED) is 0.301. The van der Waals surface area contributed by atoms with Crippen LogP contribution < -0.4 is 9.47 Å². The van der Waals surface area contributed by atoms with Crippen molar-refractivity contribution in [2.24, 2.45) is 5.10 Å². The molecule has 0 atom stereocenters. The van der Waals surface area contributed by atoms with Crippen molar-refractivity contribution in [1.82, 2.24) is 14.9 Å². The number of hydrogen-bond donors (Lipinski definition) is 1. The molecule has 0 bridgehead atoms. The first-order valence-electron chi connectivity index (χ1n) is 7.72. The van der Waals surface area contributed by atoms with Gasteiger partial charge >= 0.3 is 0 Å². The van der Waals surface area contributed by atoms with Crippen molar-refractivity contribution >= 4 is 24.1 Å². The van der Waals surface area contributed by atoms with Gasteiger partial charge < -0.3 is 9.47 Å². The summed E-state index contributed by atoms with van der Waals surface area (Å²) in [6.07, 6.45) is 1.47. The van der Waals surface area contributed by atoms with Gasteiger partial charge in [-0.1, -0.05) is 12.1 Å². The number of rotatable bonds is 6. The van der Waals surface area contributed by atoms with E-state index in [2.05, 4.69) is 15.3 Å². The highest BCUT2D eigenvalue weighted by Gasteiger charge is 2.12. The lowest BCUT2D eigenvalue weighted by Crippen LogP contribution is -1.97. The molecule has 138 valence electrons. The molecule has 3 rings (SSSR count). The number of aromatic amines is 1. The van der Waals surface area contributed by atoms with Crippen molar-refractivity contribution in [3.05, 3.63) is 62.9 Å². The fourth-order valence-electron chi connectivity index (χ4n) is 2.40. The minimum atomic E-state index is -0.462. The molecular weight excluding hydrogens is 370 g/mol. The minimum Gasteiger partial charge on any atom is -0.493 e. The number of non-ortho nitro benzene ring substituents is 1. The maximum atomic E-state index is 10.9. The molecule has 0 amide bonds. The lowest BCUT2D eigenvalue weighted by atomic mass is 10.2. The van der Waals surface area contributed by atoms with Crippen LogP contribution in [0.15, 0.2) is 47.6 Å². The zero-order valence-electron chi connectivity index (χ0n) is 14.4. The Bertz CT molecular complexity index is 1070. The molecule has 27 heavy (non-hydrogen) atoms. The molecule has 0 saturated carbocycles. The van der Waals surface area contributed by atoms with E-state index in [1.165, 1.54) is 23.0 Å². The third-order valence-corrected chi connectivity index (χ3v) is 3.96. The van der Waals surface area contributed by atoms with Crippen molar-refractivity contribution in [3.63, 3.8) is 0 Å². The summed E-state index contributed by atoms with van der Waals surface area (Å²) in [6, 6.07) is 11.4. The Morgan fingerprint density at radius 3 is 2.70 bits per heavy atom.